The largest absolute Gasteiger partial charge is 0.360 e. The van der Waals surface area contributed by atoms with E-state index in [0.29, 0.717) is 9.47 Å². The maximum absolute atomic E-state index is 13.4. The minimum absolute atomic E-state index is 0.0467. The number of nitrogens with one attached hydrogen (secondary N) is 2. The van der Waals surface area contributed by atoms with Gasteiger partial charge in [0.2, 0.25) is 11.0 Å². The molecule has 9 heteroatoms. The highest BCUT2D eigenvalue weighted by Crippen LogP contribution is 2.25. The lowest BCUT2D eigenvalue weighted by Gasteiger charge is -2.05. The van der Waals surface area contributed by atoms with Crippen molar-refractivity contribution >= 4 is 39.8 Å². The summed E-state index contributed by atoms with van der Waals surface area (Å²) >= 11 is 2.56. The molecule has 22 heavy (non-hydrogen) atoms. The van der Waals surface area contributed by atoms with Gasteiger partial charge in [0.05, 0.1) is 11.4 Å². The average molecular weight is 344 g/mol. The van der Waals surface area contributed by atoms with Crippen LogP contribution in [0.2, 0.25) is 0 Å². The summed E-state index contributed by atoms with van der Waals surface area (Å²) in [5.74, 6) is -1.82. The van der Waals surface area contributed by atoms with Gasteiger partial charge >= 0.3 is 0 Å². The van der Waals surface area contributed by atoms with Crippen LogP contribution in [0.1, 0.15) is 13.3 Å². The standard InChI is InChI=1S/C13H14F2N4OS2/c1-2-5-16-12-18-19-13(22-12)21-7-11(20)17-10-4-3-8(14)6-9(10)15/h3-4,6H,2,5,7H2,1H3,(H,16,18)(H,17,20). The molecular formula is C13H14F2N4OS2. The van der Waals surface area contributed by atoms with Gasteiger partial charge in [0, 0.05) is 12.6 Å². The number of nitrogens with zero attached hydrogens (tertiary/aromatic N) is 2. The van der Waals surface area contributed by atoms with Crippen LogP contribution < -0.4 is 10.6 Å². The minimum atomic E-state index is -0.805. The topological polar surface area (TPSA) is 66.9 Å². The van der Waals surface area contributed by atoms with E-state index < -0.39 is 17.5 Å². The highest BCUT2D eigenvalue weighted by Gasteiger charge is 2.10. The maximum Gasteiger partial charge on any atom is 0.234 e. The summed E-state index contributed by atoms with van der Waals surface area (Å²) in [6.45, 7) is 2.85. The number of carbonyl (C=O) groups excluding carboxylic acids is 1. The maximum atomic E-state index is 13.4. The second kappa shape index (κ2) is 8.04. The summed E-state index contributed by atoms with van der Waals surface area (Å²) in [5, 5.41) is 14.1. The third kappa shape index (κ3) is 4.92. The monoisotopic (exact) mass is 344 g/mol. The fourth-order valence-corrected chi connectivity index (χ4v) is 3.05. The molecule has 1 amide bonds. The molecule has 2 aromatic rings. The van der Waals surface area contributed by atoms with Gasteiger partial charge in [-0.15, -0.1) is 10.2 Å². The predicted molar refractivity (Wildman–Crippen MR) is 84.4 cm³/mol. The first-order chi connectivity index (χ1) is 10.6. The van der Waals surface area contributed by atoms with Crippen molar-refractivity contribution < 1.29 is 13.6 Å². The second-order valence-electron chi connectivity index (χ2n) is 4.26. The fourth-order valence-electron chi connectivity index (χ4n) is 1.48. The highest BCUT2D eigenvalue weighted by atomic mass is 32.2. The Hall–Kier alpha value is -1.74. The molecule has 1 aromatic carbocycles. The molecule has 2 rings (SSSR count). The molecule has 0 fully saturated rings. The van der Waals surface area contributed by atoms with Crippen molar-refractivity contribution in [2.24, 2.45) is 0 Å². The van der Waals surface area contributed by atoms with E-state index in [9.17, 15) is 13.6 Å². The van der Waals surface area contributed by atoms with Gasteiger partial charge in [0.15, 0.2) is 4.34 Å². The zero-order chi connectivity index (χ0) is 15.9. The Morgan fingerprint density at radius 1 is 1.36 bits per heavy atom. The van der Waals surface area contributed by atoms with Crippen molar-refractivity contribution in [2.75, 3.05) is 22.9 Å². The molecule has 0 saturated carbocycles. The molecule has 0 radical (unpaired) electrons. The average Bonchev–Trinajstić information content (AvgIpc) is 2.94. The Morgan fingerprint density at radius 3 is 2.91 bits per heavy atom. The van der Waals surface area contributed by atoms with Gasteiger partial charge in [0.25, 0.3) is 0 Å². The van der Waals surface area contributed by atoms with Crippen LogP contribution in [0.25, 0.3) is 0 Å². The number of thioether (sulfide) groups is 1. The van der Waals surface area contributed by atoms with Crippen molar-refractivity contribution in [1.29, 1.82) is 0 Å². The van der Waals surface area contributed by atoms with Crippen LogP contribution in [0.4, 0.5) is 19.6 Å². The quantitative estimate of drug-likeness (QED) is 0.754. The third-order valence-corrected chi connectivity index (χ3v) is 4.48. The van der Waals surface area contributed by atoms with E-state index in [2.05, 4.69) is 20.8 Å². The van der Waals surface area contributed by atoms with Crippen LogP contribution >= 0.6 is 23.1 Å². The van der Waals surface area contributed by atoms with Gasteiger partial charge in [0.1, 0.15) is 11.6 Å². The van der Waals surface area contributed by atoms with Gasteiger partial charge in [-0.3, -0.25) is 4.79 Å². The van der Waals surface area contributed by atoms with E-state index in [1.54, 1.807) is 0 Å². The summed E-state index contributed by atoms with van der Waals surface area (Å²) in [6, 6.07) is 2.99. The molecule has 0 aliphatic carbocycles. The lowest BCUT2D eigenvalue weighted by Crippen LogP contribution is -2.15. The number of halogens is 2. The van der Waals surface area contributed by atoms with Gasteiger partial charge in [-0.2, -0.15) is 0 Å². The molecular weight excluding hydrogens is 330 g/mol. The third-order valence-electron chi connectivity index (χ3n) is 2.46. The first kappa shape index (κ1) is 16.6. The van der Waals surface area contributed by atoms with Crippen molar-refractivity contribution in [2.45, 2.75) is 17.7 Å². The molecule has 1 heterocycles. The molecule has 0 unspecified atom stereocenters. The molecule has 0 atom stereocenters. The lowest BCUT2D eigenvalue weighted by molar-refractivity contribution is -0.113. The van der Waals surface area contributed by atoms with Crippen molar-refractivity contribution in [3.63, 3.8) is 0 Å². The Bertz CT molecular complexity index is 651. The molecule has 0 aliphatic heterocycles. The molecule has 5 nitrogen and oxygen atoms in total. The number of amides is 1. The molecule has 0 saturated heterocycles. The van der Waals surface area contributed by atoms with E-state index >= 15 is 0 Å². The molecule has 0 aliphatic rings. The number of hydrogen-bond acceptors (Lipinski definition) is 6. The fraction of sp³-hybridized carbons (Fsp3) is 0.308. The number of aromatic nitrogens is 2. The van der Waals surface area contributed by atoms with Crippen LogP contribution in [-0.2, 0) is 4.79 Å². The number of anilines is 2. The van der Waals surface area contributed by atoms with Gasteiger partial charge in [-0.25, -0.2) is 8.78 Å². The zero-order valence-corrected chi connectivity index (χ0v) is 13.4. The number of hydrogen-bond donors (Lipinski definition) is 2. The van der Waals surface area contributed by atoms with Gasteiger partial charge in [-0.1, -0.05) is 30.0 Å². The van der Waals surface area contributed by atoms with Crippen LogP contribution in [0.15, 0.2) is 22.5 Å². The van der Waals surface area contributed by atoms with E-state index in [4.69, 9.17) is 0 Å². The van der Waals surface area contributed by atoms with E-state index in [1.165, 1.54) is 29.2 Å². The molecule has 2 N–H and O–H groups in total. The highest BCUT2D eigenvalue weighted by molar-refractivity contribution is 8.01. The number of benzene rings is 1. The van der Waals surface area contributed by atoms with Crippen LogP contribution in [0.3, 0.4) is 0 Å². The van der Waals surface area contributed by atoms with Gasteiger partial charge in [-0.05, 0) is 18.6 Å². The first-order valence-electron chi connectivity index (χ1n) is 6.53. The SMILES string of the molecule is CCCNc1nnc(SCC(=O)Nc2ccc(F)cc2F)s1. The second-order valence-corrected chi connectivity index (χ2v) is 6.46. The summed E-state index contributed by atoms with van der Waals surface area (Å²) in [5.41, 5.74) is -0.0467. The summed E-state index contributed by atoms with van der Waals surface area (Å²) in [4.78, 5) is 11.8. The molecule has 0 spiro atoms. The lowest BCUT2D eigenvalue weighted by atomic mass is 10.3. The van der Waals surface area contributed by atoms with E-state index in [-0.39, 0.29) is 11.4 Å². The van der Waals surface area contributed by atoms with Crippen molar-refractivity contribution in [1.82, 2.24) is 10.2 Å². The molecule has 118 valence electrons. The number of carbonyl (C=O) groups is 1. The van der Waals surface area contributed by atoms with Gasteiger partial charge < -0.3 is 10.6 Å². The summed E-state index contributed by atoms with van der Waals surface area (Å²) in [7, 11) is 0. The smallest absolute Gasteiger partial charge is 0.234 e. The van der Waals surface area contributed by atoms with Crippen molar-refractivity contribution in [3.8, 4) is 0 Å². The Kier molecular flexibility index (Phi) is 6.08. The molecule has 0 bridgehead atoms. The normalized spacial score (nSPS) is 10.5. The Labute approximate surface area is 134 Å². The number of rotatable bonds is 7. The van der Waals surface area contributed by atoms with Crippen LogP contribution in [0.5, 0.6) is 0 Å². The summed E-state index contributed by atoms with van der Waals surface area (Å²) < 4.78 is 26.8. The van der Waals surface area contributed by atoms with Crippen LogP contribution in [0, 0.1) is 11.6 Å². The Morgan fingerprint density at radius 2 is 2.18 bits per heavy atom. The Balaban J connectivity index is 1.83. The van der Waals surface area contributed by atoms with Crippen molar-refractivity contribution in [3.05, 3.63) is 29.8 Å². The molecule has 1 aromatic heterocycles. The predicted octanol–water partition coefficient (Wildman–Crippen LogP) is 3.37. The minimum Gasteiger partial charge on any atom is -0.360 e. The van der Waals surface area contributed by atoms with E-state index in [0.717, 1.165) is 25.1 Å². The first-order valence-corrected chi connectivity index (χ1v) is 8.33. The zero-order valence-electron chi connectivity index (χ0n) is 11.7. The van der Waals surface area contributed by atoms with E-state index in [1.807, 2.05) is 6.92 Å². The summed E-state index contributed by atoms with van der Waals surface area (Å²) in [6.07, 6.45) is 0.980. The van der Waals surface area contributed by atoms with Crippen LogP contribution in [-0.4, -0.2) is 28.4 Å².